The van der Waals surface area contributed by atoms with Gasteiger partial charge in [0.2, 0.25) is 0 Å². The summed E-state index contributed by atoms with van der Waals surface area (Å²) in [4.78, 5) is 31.5. The molecule has 48 heavy (non-hydrogen) atoms. The van der Waals surface area contributed by atoms with Gasteiger partial charge in [0.15, 0.2) is 0 Å². The molecule has 258 valence electrons. The predicted molar refractivity (Wildman–Crippen MR) is 168 cm³/mol. The lowest BCUT2D eigenvalue weighted by Gasteiger charge is -2.46. The van der Waals surface area contributed by atoms with Crippen LogP contribution in [0.2, 0.25) is 0 Å². The average Bonchev–Trinajstić information content (AvgIpc) is 3.44. The summed E-state index contributed by atoms with van der Waals surface area (Å²) in [6.07, 6.45) is -2.45. The zero-order chi connectivity index (χ0) is 37.1. The Bertz CT molecular complexity index is 1820. The van der Waals surface area contributed by atoms with Crippen molar-refractivity contribution in [3.63, 3.8) is 0 Å². The fraction of sp³-hybridized carbons (Fsp3) is 0.485. The summed E-state index contributed by atoms with van der Waals surface area (Å²) in [6, 6.07) is 5.06. The molecule has 2 saturated heterocycles. The van der Waals surface area contributed by atoms with Crippen LogP contribution in [0.25, 0.3) is 11.0 Å². The van der Waals surface area contributed by atoms with Gasteiger partial charge in [-0.1, -0.05) is 18.8 Å². The molecule has 2 aliphatic rings. The minimum atomic E-state index is -4.63. The van der Waals surface area contributed by atoms with Crippen LogP contribution in [0.5, 0.6) is 5.75 Å². The fourth-order valence-electron chi connectivity index (χ4n) is 6.17. The van der Waals surface area contributed by atoms with Gasteiger partial charge >= 0.3 is 6.18 Å². The smallest absolute Gasteiger partial charge is 0.406 e. The number of carbonyl (C=O) groups excluding carboxylic acids is 2. The van der Waals surface area contributed by atoms with E-state index in [2.05, 4.69) is 32.8 Å². The quantitative estimate of drug-likeness (QED) is 0.241. The molecule has 3 N–H and O–H groups in total. The van der Waals surface area contributed by atoms with E-state index in [1.807, 2.05) is 0 Å². The number of halogens is 5. The lowest BCUT2D eigenvalue weighted by atomic mass is 9.88. The van der Waals surface area contributed by atoms with Gasteiger partial charge < -0.3 is 30.0 Å². The minimum Gasteiger partial charge on any atom is -0.495 e. The molecule has 0 unspecified atom stereocenters. The monoisotopic (exact) mass is 679 g/mol. The number of likely N-dealkylation sites (tertiary alicyclic amines) is 1. The molecule has 10 nitrogen and oxygen atoms in total. The van der Waals surface area contributed by atoms with E-state index in [1.54, 1.807) is 11.8 Å². The highest BCUT2D eigenvalue weighted by Gasteiger charge is 2.50. The predicted octanol–water partition coefficient (Wildman–Crippen LogP) is 4.29. The SMILES string of the molecule is [2H]C([2H])([2H])Oc1cc(C(=O)NC)ccc1NCC#Cc1cc(C(=O)N[C@@H]2[C@@H](C)CN(C3CCOCC3)CC2(F)F)c2ncn(CC(F)(F)F)c2c1. The van der Waals surface area contributed by atoms with Gasteiger partial charge in [-0.2, -0.15) is 13.2 Å². The van der Waals surface area contributed by atoms with E-state index in [0.717, 1.165) is 10.9 Å². The molecule has 2 aromatic carbocycles. The summed E-state index contributed by atoms with van der Waals surface area (Å²) in [6.45, 7) is 0.795. The minimum absolute atomic E-state index is 0.0618. The Morgan fingerprint density at radius 3 is 2.65 bits per heavy atom. The maximum absolute atomic E-state index is 15.6. The van der Waals surface area contributed by atoms with Crippen molar-refractivity contribution >= 4 is 28.5 Å². The third-order valence-electron chi connectivity index (χ3n) is 8.45. The van der Waals surface area contributed by atoms with Gasteiger partial charge in [-0.15, -0.1) is 0 Å². The van der Waals surface area contributed by atoms with Crippen molar-refractivity contribution in [3.8, 4) is 17.6 Å². The van der Waals surface area contributed by atoms with Gasteiger partial charge in [-0.3, -0.25) is 14.5 Å². The number of fused-ring (bicyclic) bond motifs is 1. The summed E-state index contributed by atoms with van der Waals surface area (Å²) in [5.74, 6) is 0.00647. The number of nitrogens with zero attached hydrogens (tertiary/aromatic N) is 3. The number of benzene rings is 2. The fourth-order valence-corrected chi connectivity index (χ4v) is 6.17. The number of rotatable bonds is 8. The first kappa shape index (κ1) is 30.9. The number of piperidine rings is 1. The Hall–Kier alpha value is -4.42. The largest absolute Gasteiger partial charge is 0.495 e. The summed E-state index contributed by atoms with van der Waals surface area (Å²) < 4.78 is 105. The van der Waals surface area contributed by atoms with Crippen molar-refractivity contribution < 1.29 is 45.1 Å². The molecule has 2 aliphatic heterocycles. The Morgan fingerprint density at radius 2 is 1.96 bits per heavy atom. The Labute approximate surface area is 278 Å². The first-order chi connectivity index (χ1) is 23.9. The molecule has 3 heterocycles. The van der Waals surface area contributed by atoms with Crippen molar-refractivity contribution in [3.05, 3.63) is 53.3 Å². The van der Waals surface area contributed by atoms with Crippen LogP contribution < -0.4 is 20.7 Å². The zero-order valence-electron chi connectivity index (χ0n) is 29.2. The highest BCUT2D eigenvalue weighted by atomic mass is 19.4. The standard InChI is InChI=1S/C33H37F5N6O4/c1-20-16-43(23-8-11-48-12-9-23)17-32(34,35)29(20)42-31(46)24-13-21(14-26-28(24)41-19-44(26)18-33(36,37)38)5-4-10-40-25-7-6-22(30(45)39-2)15-27(25)47-3/h6-7,13-15,19-20,23,29,40H,8-12,16-18H2,1-3H3,(H,39,45)(H,42,46)/t20-,29+/m0/s1/i3D3. The number of amides is 2. The van der Waals surface area contributed by atoms with Crippen LogP contribution in [0.1, 0.15) is 50.2 Å². The van der Waals surface area contributed by atoms with E-state index < -0.39 is 56.0 Å². The van der Waals surface area contributed by atoms with Crippen LogP contribution in [0.3, 0.4) is 0 Å². The zero-order valence-corrected chi connectivity index (χ0v) is 26.2. The van der Waals surface area contributed by atoms with E-state index in [-0.39, 0.29) is 51.7 Å². The van der Waals surface area contributed by atoms with Gasteiger partial charge in [0.1, 0.15) is 17.8 Å². The topological polar surface area (TPSA) is 110 Å². The summed E-state index contributed by atoms with van der Waals surface area (Å²) in [5.41, 5.74) is 0.00753. The third kappa shape index (κ3) is 7.99. The first-order valence-corrected chi connectivity index (χ1v) is 15.3. The molecule has 0 aliphatic carbocycles. The second-order valence-corrected chi connectivity index (χ2v) is 11.9. The molecule has 0 spiro atoms. The number of ether oxygens (including phenoxy) is 2. The molecule has 1 aromatic heterocycles. The van der Waals surface area contributed by atoms with Crippen LogP contribution in [0.15, 0.2) is 36.7 Å². The molecule has 2 fully saturated rings. The van der Waals surface area contributed by atoms with E-state index in [1.165, 1.54) is 37.4 Å². The number of carbonyl (C=O) groups is 2. The van der Waals surface area contributed by atoms with E-state index in [0.29, 0.717) is 32.6 Å². The average molecular weight is 680 g/mol. The molecule has 2 atom stereocenters. The second kappa shape index (κ2) is 14.4. The van der Waals surface area contributed by atoms with Gasteiger partial charge in [-0.05, 0) is 49.1 Å². The number of nitrogens with one attached hydrogen (secondary N) is 3. The molecule has 0 radical (unpaired) electrons. The molecule has 3 aromatic rings. The number of hydrogen-bond acceptors (Lipinski definition) is 7. The van der Waals surface area contributed by atoms with Crippen LogP contribution in [0, 0.1) is 17.8 Å². The maximum atomic E-state index is 15.6. The summed E-state index contributed by atoms with van der Waals surface area (Å²) in [5, 5.41) is 7.75. The molecule has 15 heteroatoms. The van der Waals surface area contributed by atoms with Crippen molar-refractivity contribution in [2.75, 3.05) is 52.3 Å². The van der Waals surface area contributed by atoms with E-state index in [4.69, 9.17) is 13.6 Å². The van der Waals surface area contributed by atoms with Crippen LogP contribution in [0.4, 0.5) is 27.6 Å². The van der Waals surface area contributed by atoms with Gasteiger partial charge in [-0.25, -0.2) is 13.8 Å². The first-order valence-electron chi connectivity index (χ1n) is 16.8. The lowest BCUT2D eigenvalue weighted by molar-refractivity contribution is -0.140. The van der Waals surface area contributed by atoms with Crippen LogP contribution in [-0.4, -0.2) is 97.4 Å². The third-order valence-corrected chi connectivity index (χ3v) is 8.45. The van der Waals surface area contributed by atoms with E-state index >= 15 is 8.78 Å². The van der Waals surface area contributed by atoms with Crippen molar-refractivity contribution in [2.45, 2.75) is 50.5 Å². The van der Waals surface area contributed by atoms with Gasteiger partial charge in [0, 0.05) is 44.0 Å². The number of imidazole rings is 1. The van der Waals surface area contributed by atoms with Gasteiger partial charge in [0.25, 0.3) is 17.7 Å². The number of methoxy groups -OCH3 is 1. The maximum Gasteiger partial charge on any atom is 0.406 e. The summed E-state index contributed by atoms with van der Waals surface area (Å²) in [7, 11) is -1.43. The normalized spacial score (nSPS) is 21.3. The highest BCUT2D eigenvalue weighted by molar-refractivity contribution is 6.05. The molecular formula is C33H37F5N6O4. The van der Waals surface area contributed by atoms with E-state index in [9.17, 15) is 22.8 Å². The number of aromatic nitrogens is 2. The van der Waals surface area contributed by atoms with Crippen LogP contribution in [-0.2, 0) is 11.3 Å². The molecule has 0 saturated carbocycles. The van der Waals surface area contributed by atoms with Crippen molar-refractivity contribution in [2.24, 2.45) is 5.92 Å². The molecular weight excluding hydrogens is 639 g/mol. The second-order valence-electron chi connectivity index (χ2n) is 11.9. The highest BCUT2D eigenvalue weighted by Crippen LogP contribution is 2.34. The van der Waals surface area contributed by atoms with Crippen molar-refractivity contribution in [1.29, 1.82) is 0 Å². The van der Waals surface area contributed by atoms with Gasteiger partial charge in [0.05, 0.1) is 53.4 Å². The lowest BCUT2D eigenvalue weighted by Crippen LogP contribution is -2.64. The molecule has 0 bridgehead atoms. The molecule has 5 rings (SSSR count). The number of anilines is 1. The Morgan fingerprint density at radius 1 is 1.19 bits per heavy atom. The number of alkyl halides is 5. The molecule has 2 amide bonds. The number of hydrogen-bond donors (Lipinski definition) is 3. The summed E-state index contributed by atoms with van der Waals surface area (Å²) >= 11 is 0. The Balaban J connectivity index is 1.40. The van der Waals surface area contributed by atoms with Crippen molar-refractivity contribution in [1.82, 2.24) is 25.1 Å². The van der Waals surface area contributed by atoms with Crippen LogP contribution >= 0.6 is 0 Å². The Kier molecular flexibility index (Phi) is 9.24.